The summed E-state index contributed by atoms with van der Waals surface area (Å²) in [4.78, 5) is 6.65. The van der Waals surface area contributed by atoms with Crippen LogP contribution in [-0.4, -0.2) is 31.3 Å². The summed E-state index contributed by atoms with van der Waals surface area (Å²) in [6.07, 6.45) is 10.3. The molecule has 4 rings (SSSR count). The molecule has 1 aliphatic rings. The topological polar surface area (TPSA) is 38.9 Å². The van der Waals surface area contributed by atoms with E-state index in [-0.39, 0.29) is 0 Å². The van der Waals surface area contributed by atoms with Crippen LogP contribution in [0.3, 0.4) is 0 Å². The Morgan fingerprint density at radius 1 is 1.22 bits per heavy atom. The van der Waals surface area contributed by atoms with E-state index in [4.69, 9.17) is 0 Å². The molecule has 0 N–H and O–H groups in total. The molecule has 118 valence electrons. The van der Waals surface area contributed by atoms with Gasteiger partial charge in [-0.15, -0.1) is 0 Å². The lowest BCUT2D eigenvalue weighted by Crippen LogP contribution is -2.19. The zero-order valence-corrected chi connectivity index (χ0v) is 13.3. The van der Waals surface area contributed by atoms with Gasteiger partial charge in [-0.2, -0.15) is 5.10 Å². The summed E-state index contributed by atoms with van der Waals surface area (Å²) < 4.78 is 4.22. The van der Waals surface area contributed by atoms with Crippen LogP contribution in [-0.2, 0) is 13.1 Å². The number of nitrogens with zero attached hydrogens (tertiary/aromatic N) is 5. The van der Waals surface area contributed by atoms with Crippen LogP contribution in [0.25, 0.3) is 5.69 Å². The summed E-state index contributed by atoms with van der Waals surface area (Å²) in [5, 5.41) is 4.30. The third-order valence-electron chi connectivity index (χ3n) is 4.25. The highest BCUT2D eigenvalue weighted by Crippen LogP contribution is 2.35. The Hall–Kier alpha value is -2.40. The molecule has 23 heavy (non-hydrogen) atoms. The first-order valence-electron chi connectivity index (χ1n) is 8.08. The molecule has 0 aliphatic heterocycles. The Bertz CT molecular complexity index is 770. The summed E-state index contributed by atoms with van der Waals surface area (Å²) in [6.45, 7) is 1.83. The fourth-order valence-electron chi connectivity index (χ4n) is 3.00. The molecule has 0 atom stereocenters. The molecule has 1 aliphatic carbocycles. The molecule has 1 fully saturated rings. The van der Waals surface area contributed by atoms with Gasteiger partial charge in [0.05, 0.1) is 17.7 Å². The van der Waals surface area contributed by atoms with E-state index < -0.39 is 0 Å². The maximum atomic E-state index is 4.32. The van der Waals surface area contributed by atoms with E-state index in [0.717, 1.165) is 18.8 Å². The molecule has 0 bridgehead atoms. The van der Waals surface area contributed by atoms with Crippen molar-refractivity contribution in [3.05, 3.63) is 66.5 Å². The van der Waals surface area contributed by atoms with Gasteiger partial charge in [-0.1, -0.05) is 12.1 Å². The lowest BCUT2D eigenvalue weighted by Gasteiger charge is -2.18. The van der Waals surface area contributed by atoms with Crippen LogP contribution in [0, 0.1) is 0 Å². The Balaban J connectivity index is 1.45. The van der Waals surface area contributed by atoms with Crippen LogP contribution < -0.4 is 0 Å². The average molecular weight is 307 g/mol. The van der Waals surface area contributed by atoms with E-state index in [9.17, 15) is 0 Å². The highest BCUT2D eigenvalue weighted by molar-refractivity contribution is 5.35. The fourth-order valence-corrected chi connectivity index (χ4v) is 3.00. The molecule has 5 heteroatoms. The highest BCUT2D eigenvalue weighted by Gasteiger charge is 2.25. The lowest BCUT2D eigenvalue weighted by atomic mass is 10.2. The van der Waals surface area contributed by atoms with Gasteiger partial charge in [-0.05, 0) is 43.7 Å². The first-order chi connectivity index (χ1) is 11.3. The monoisotopic (exact) mass is 307 g/mol. The Labute approximate surface area is 136 Å². The third kappa shape index (κ3) is 3.19. The standard InChI is InChI=1S/C18H21N5/c1-21(13-18-11-19-14-22(18)16-6-7-16)12-15-4-2-5-17(10-15)23-9-3-8-20-23/h2-5,8-11,14,16H,6-7,12-13H2,1H3. The fraction of sp³-hybridized carbons (Fsp3) is 0.333. The normalized spacial score (nSPS) is 14.5. The van der Waals surface area contributed by atoms with Crippen LogP contribution in [0.4, 0.5) is 0 Å². The lowest BCUT2D eigenvalue weighted by molar-refractivity contribution is 0.309. The minimum absolute atomic E-state index is 0.684. The average Bonchev–Trinajstić information content (AvgIpc) is 3.06. The molecular formula is C18H21N5. The molecule has 1 aromatic carbocycles. The summed E-state index contributed by atoms with van der Waals surface area (Å²) >= 11 is 0. The summed E-state index contributed by atoms with van der Waals surface area (Å²) in [5.41, 5.74) is 3.69. The minimum atomic E-state index is 0.684. The van der Waals surface area contributed by atoms with Crippen molar-refractivity contribution in [1.29, 1.82) is 0 Å². The molecule has 0 saturated heterocycles. The van der Waals surface area contributed by atoms with Gasteiger partial charge < -0.3 is 4.57 Å². The SMILES string of the molecule is CN(Cc1cccc(-n2cccn2)c1)Cc1cncn1C1CC1. The van der Waals surface area contributed by atoms with Crippen LogP contribution in [0.5, 0.6) is 0 Å². The first kappa shape index (κ1) is 14.2. The Morgan fingerprint density at radius 3 is 2.91 bits per heavy atom. The molecule has 1 saturated carbocycles. The Morgan fingerprint density at radius 2 is 2.13 bits per heavy atom. The van der Waals surface area contributed by atoms with Gasteiger partial charge in [0.2, 0.25) is 0 Å². The van der Waals surface area contributed by atoms with Gasteiger partial charge in [0, 0.05) is 37.7 Å². The minimum Gasteiger partial charge on any atom is -0.330 e. The second-order valence-electron chi connectivity index (χ2n) is 6.32. The predicted molar refractivity (Wildman–Crippen MR) is 89.2 cm³/mol. The second kappa shape index (κ2) is 6.01. The smallest absolute Gasteiger partial charge is 0.0951 e. The maximum absolute atomic E-state index is 4.32. The van der Waals surface area contributed by atoms with Gasteiger partial charge in [-0.3, -0.25) is 4.90 Å². The largest absolute Gasteiger partial charge is 0.330 e. The van der Waals surface area contributed by atoms with Crippen molar-refractivity contribution in [3.63, 3.8) is 0 Å². The number of hydrogen-bond acceptors (Lipinski definition) is 3. The van der Waals surface area contributed by atoms with Crippen molar-refractivity contribution < 1.29 is 0 Å². The molecule has 0 amide bonds. The number of benzene rings is 1. The van der Waals surface area contributed by atoms with Crippen LogP contribution in [0.15, 0.2) is 55.2 Å². The predicted octanol–water partition coefficient (Wildman–Crippen LogP) is 3.04. The summed E-state index contributed by atoms with van der Waals surface area (Å²) in [6, 6.07) is 11.2. The van der Waals surface area contributed by atoms with Gasteiger partial charge in [0.1, 0.15) is 0 Å². The molecule has 2 heterocycles. The van der Waals surface area contributed by atoms with E-state index in [1.807, 2.05) is 29.5 Å². The molecule has 5 nitrogen and oxygen atoms in total. The van der Waals surface area contributed by atoms with Crippen LogP contribution >= 0.6 is 0 Å². The number of hydrogen-bond donors (Lipinski definition) is 0. The maximum Gasteiger partial charge on any atom is 0.0951 e. The van der Waals surface area contributed by atoms with Gasteiger partial charge in [0.15, 0.2) is 0 Å². The molecule has 2 aromatic heterocycles. The number of imidazole rings is 1. The summed E-state index contributed by atoms with van der Waals surface area (Å²) in [7, 11) is 2.16. The van der Waals surface area contributed by atoms with E-state index in [0.29, 0.717) is 6.04 Å². The molecule has 0 unspecified atom stereocenters. The van der Waals surface area contributed by atoms with Crippen molar-refractivity contribution in [2.24, 2.45) is 0 Å². The third-order valence-corrected chi connectivity index (χ3v) is 4.25. The molecule has 0 radical (unpaired) electrons. The van der Waals surface area contributed by atoms with Crippen LogP contribution in [0.1, 0.15) is 30.1 Å². The molecule has 0 spiro atoms. The van der Waals surface area contributed by atoms with Crippen molar-refractivity contribution in [3.8, 4) is 5.69 Å². The van der Waals surface area contributed by atoms with E-state index in [1.165, 1.54) is 24.1 Å². The molecule has 3 aromatic rings. The van der Waals surface area contributed by atoms with Crippen molar-refractivity contribution >= 4 is 0 Å². The van der Waals surface area contributed by atoms with Gasteiger partial charge in [0.25, 0.3) is 0 Å². The Kier molecular flexibility index (Phi) is 3.71. The highest BCUT2D eigenvalue weighted by atomic mass is 15.3. The zero-order chi connectivity index (χ0) is 15.6. The van der Waals surface area contributed by atoms with E-state index in [2.05, 4.69) is 50.9 Å². The quantitative estimate of drug-likeness (QED) is 0.702. The van der Waals surface area contributed by atoms with E-state index in [1.54, 1.807) is 6.20 Å². The number of rotatable bonds is 6. The van der Waals surface area contributed by atoms with Gasteiger partial charge in [-0.25, -0.2) is 9.67 Å². The van der Waals surface area contributed by atoms with Crippen LogP contribution in [0.2, 0.25) is 0 Å². The van der Waals surface area contributed by atoms with Crippen molar-refractivity contribution in [2.45, 2.75) is 32.0 Å². The second-order valence-corrected chi connectivity index (χ2v) is 6.32. The number of aromatic nitrogens is 4. The zero-order valence-electron chi connectivity index (χ0n) is 13.3. The van der Waals surface area contributed by atoms with Gasteiger partial charge >= 0.3 is 0 Å². The van der Waals surface area contributed by atoms with Crippen molar-refractivity contribution in [1.82, 2.24) is 24.2 Å². The molecular weight excluding hydrogens is 286 g/mol. The van der Waals surface area contributed by atoms with E-state index >= 15 is 0 Å². The summed E-state index contributed by atoms with van der Waals surface area (Å²) in [5.74, 6) is 0. The first-order valence-corrected chi connectivity index (χ1v) is 8.08. The van der Waals surface area contributed by atoms with Crippen molar-refractivity contribution in [2.75, 3.05) is 7.05 Å².